The van der Waals surface area contributed by atoms with Gasteiger partial charge in [0.2, 0.25) is 0 Å². The van der Waals surface area contributed by atoms with Crippen LogP contribution in [0.25, 0.3) is 0 Å². The minimum atomic E-state index is -4.37. The van der Waals surface area contributed by atoms with E-state index in [0.29, 0.717) is 0 Å². The van der Waals surface area contributed by atoms with Crippen molar-refractivity contribution in [3.63, 3.8) is 0 Å². The highest BCUT2D eigenvalue weighted by atomic mass is 19.4. The summed E-state index contributed by atoms with van der Waals surface area (Å²) in [5.41, 5.74) is -0.277. The molecular formula is C11H13F3N2O2. The molecule has 0 aliphatic carbocycles. The van der Waals surface area contributed by atoms with E-state index in [0.717, 1.165) is 4.90 Å². The molecule has 0 spiro atoms. The summed E-state index contributed by atoms with van der Waals surface area (Å²) in [7, 11) is 0. The molecule has 0 unspecified atom stereocenters. The van der Waals surface area contributed by atoms with Gasteiger partial charge in [0.1, 0.15) is 12.4 Å². The summed E-state index contributed by atoms with van der Waals surface area (Å²) in [4.78, 5) is 15.4. The Labute approximate surface area is 102 Å². The van der Waals surface area contributed by atoms with Crippen LogP contribution >= 0.6 is 0 Å². The summed E-state index contributed by atoms with van der Waals surface area (Å²) in [5.74, 6) is -1.27. The SMILES string of the molecule is CC(C)N(CC(F)(F)F)c1cccc(C(=O)O)n1. The minimum Gasteiger partial charge on any atom is -0.477 e. The van der Waals surface area contributed by atoms with Gasteiger partial charge in [0.25, 0.3) is 0 Å². The Morgan fingerprint density at radius 2 is 2.06 bits per heavy atom. The quantitative estimate of drug-likeness (QED) is 0.906. The molecule has 0 saturated carbocycles. The largest absolute Gasteiger partial charge is 0.477 e. The normalized spacial score (nSPS) is 11.7. The fourth-order valence-electron chi connectivity index (χ4n) is 1.42. The van der Waals surface area contributed by atoms with Crippen molar-refractivity contribution in [1.29, 1.82) is 0 Å². The van der Waals surface area contributed by atoms with Crippen molar-refractivity contribution >= 4 is 11.8 Å². The first-order valence-corrected chi connectivity index (χ1v) is 5.24. The zero-order valence-electron chi connectivity index (χ0n) is 9.90. The average Bonchev–Trinajstić information content (AvgIpc) is 2.24. The molecule has 0 aromatic carbocycles. The fourth-order valence-corrected chi connectivity index (χ4v) is 1.42. The molecule has 1 aromatic heterocycles. The molecule has 4 nitrogen and oxygen atoms in total. The summed E-state index contributed by atoms with van der Waals surface area (Å²) in [5, 5.41) is 8.76. The van der Waals surface area contributed by atoms with Gasteiger partial charge in [0.15, 0.2) is 5.69 Å². The van der Waals surface area contributed by atoms with Gasteiger partial charge in [-0.15, -0.1) is 0 Å². The van der Waals surface area contributed by atoms with Crippen LogP contribution in [-0.2, 0) is 0 Å². The number of halogens is 3. The van der Waals surface area contributed by atoms with Crippen molar-refractivity contribution in [2.75, 3.05) is 11.4 Å². The Kier molecular flexibility index (Phi) is 4.15. The number of pyridine rings is 1. The van der Waals surface area contributed by atoms with Gasteiger partial charge in [-0.1, -0.05) is 6.07 Å². The van der Waals surface area contributed by atoms with E-state index in [1.54, 1.807) is 13.8 Å². The van der Waals surface area contributed by atoms with Crippen molar-refractivity contribution in [2.45, 2.75) is 26.1 Å². The molecule has 1 N–H and O–H groups in total. The third kappa shape index (κ3) is 3.90. The zero-order chi connectivity index (χ0) is 13.9. The Hall–Kier alpha value is -1.79. The summed E-state index contributed by atoms with van der Waals surface area (Å²) >= 11 is 0. The number of hydrogen-bond acceptors (Lipinski definition) is 3. The summed E-state index contributed by atoms with van der Waals surface area (Å²) in [6.07, 6.45) is -4.37. The molecule has 0 aliphatic heterocycles. The Balaban J connectivity index is 3.06. The summed E-state index contributed by atoms with van der Waals surface area (Å²) in [6, 6.07) is 3.52. The Morgan fingerprint density at radius 1 is 1.44 bits per heavy atom. The Bertz CT molecular complexity index is 433. The molecule has 0 amide bonds. The molecule has 1 rings (SSSR count). The highest BCUT2D eigenvalue weighted by Crippen LogP contribution is 2.22. The molecule has 18 heavy (non-hydrogen) atoms. The second-order valence-corrected chi connectivity index (χ2v) is 4.02. The van der Waals surface area contributed by atoms with Crippen LogP contribution in [0.2, 0.25) is 0 Å². The molecule has 0 fully saturated rings. The summed E-state index contributed by atoms with van der Waals surface area (Å²) < 4.78 is 37.3. The number of aromatic carboxylic acids is 1. The lowest BCUT2D eigenvalue weighted by molar-refractivity contribution is -0.120. The number of nitrogens with zero attached hydrogens (tertiary/aromatic N) is 2. The van der Waals surface area contributed by atoms with Gasteiger partial charge >= 0.3 is 12.1 Å². The number of aromatic nitrogens is 1. The first kappa shape index (κ1) is 14.3. The minimum absolute atomic E-state index is 0.00206. The standard InChI is InChI=1S/C11H13F3N2O2/c1-7(2)16(6-11(12,13)14)9-5-3-4-8(15-9)10(17)18/h3-5,7H,6H2,1-2H3,(H,17,18). The predicted octanol–water partition coefficient (Wildman–Crippen LogP) is 2.56. The molecular weight excluding hydrogens is 249 g/mol. The van der Waals surface area contributed by atoms with E-state index in [2.05, 4.69) is 4.98 Å². The van der Waals surface area contributed by atoms with Crippen LogP contribution in [0.1, 0.15) is 24.3 Å². The smallest absolute Gasteiger partial charge is 0.405 e. The van der Waals surface area contributed by atoms with Gasteiger partial charge in [-0.05, 0) is 26.0 Å². The van der Waals surface area contributed by atoms with Crippen molar-refractivity contribution in [1.82, 2.24) is 4.98 Å². The molecule has 7 heteroatoms. The van der Waals surface area contributed by atoms with Crippen molar-refractivity contribution in [3.05, 3.63) is 23.9 Å². The number of carboxylic acid groups (broad SMARTS) is 1. The molecule has 0 atom stereocenters. The van der Waals surface area contributed by atoms with E-state index in [1.165, 1.54) is 18.2 Å². The van der Waals surface area contributed by atoms with Crippen LogP contribution in [-0.4, -0.2) is 34.8 Å². The summed E-state index contributed by atoms with van der Waals surface area (Å²) in [6.45, 7) is 2.00. The second-order valence-electron chi connectivity index (χ2n) is 4.02. The first-order valence-electron chi connectivity index (χ1n) is 5.24. The third-order valence-electron chi connectivity index (χ3n) is 2.22. The maximum Gasteiger partial charge on any atom is 0.405 e. The van der Waals surface area contributed by atoms with Gasteiger partial charge in [-0.3, -0.25) is 0 Å². The van der Waals surface area contributed by atoms with Crippen molar-refractivity contribution < 1.29 is 23.1 Å². The van der Waals surface area contributed by atoms with Gasteiger partial charge in [-0.25, -0.2) is 9.78 Å². The molecule has 0 saturated heterocycles. The van der Waals surface area contributed by atoms with E-state index in [-0.39, 0.29) is 11.5 Å². The maximum absolute atomic E-state index is 12.4. The van der Waals surface area contributed by atoms with Crippen LogP contribution in [0, 0.1) is 0 Å². The molecule has 0 aliphatic rings. The Morgan fingerprint density at radius 3 is 2.50 bits per heavy atom. The van der Waals surface area contributed by atoms with Crippen LogP contribution in [0.15, 0.2) is 18.2 Å². The van der Waals surface area contributed by atoms with Crippen molar-refractivity contribution in [3.8, 4) is 0 Å². The zero-order valence-corrected chi connectivity index (χ0v) is 9.90. The van der Waals surface area contributed by atoms with Crippen LogP contribution < -0.4 is 4.90 Å². The van der Waals surface area contributed by atoms with E-state index >= 15 is 0 Å². The lowest BCUT2D eigenvalue weighted by Gasteiger charge is -2.28. The van der Waals surface area contributed by atoms with Crippen LogP contribution in [0.3, 0.4) is 0 Å². The van der Waals surface area contributed by atoms with E-state index in [9.17, 15) is 18.0 Å². The number of carboxylic acids is 1. The topological polar surface area (TPSA) is 53.4 Å². The van der Waals surface area contributed by atoms with Crippen LogP contribution in [0.4, 0.5) is 19.0 Å². The third-order valence-corrected chi connectivity index (χ3v) is 2.22. The van der Waals surface area contributed by atoms with E-state index in [1.807, 2.05) is 0 Å². The van der Waals surface area contributed by atoms with Gasteiger partial charge in [0.05, 0.1) is 0 Å². The average molecular weight is 262 g/mol. The lowest BCUT2D eigenvalue weighted by atomic mass is 10.2. The number of rotatable bonds is 4. The molecule has 1 aromatic rings. The maximum atomic E-state index is 12.4. The van der Waals surface area contributed by atoms with E-state index in [4.69, 9.17) is 5.11 Å². The molecule has 1 heterocycles. The number of hydrogen-bond donors (Lipinski definition) is 1. The van der Waals surface area contributed by atoms with Gasteiger partial charge in [-0.2, -0.15) is 13.2 Å². The number of anilines is 1. The highest BCUT2D eigenvalue weighted by Gasteiger charge is 2.32. The van der Waals surface area contributed by atoms with Crippen LogP contribution in [0.5, 0.6) is 0 Å². The van der Waals surface area contributed by atoms with Crippen molar-refractivity contribution in [2.24, 2.45) is 0 Å². The first-order chi connectivity index (χ1) is 8.20. The molecule has 0 radical (unpaired) electrons. The van der Waals surface area contributed by atoms with Gasteiger partial charge in [0, 0.05) is 6.04 Å². The second kappa shape index (κ2) is 5.24. The van der Waals surface area contributed by atoms with Gasteiger partial charge < -0.3 is 10.0 Å². The predicted molar refractivity (Wildman–Crippen MR) is 59.7 cm³/mol. The lowest BCUT2D eigenvalue weighted by Crippen LogP contribution is -2.39. The van der Waals surface area contributed by atoms with E-state index < -0.39 is 24.7 Å². The molecule has 100 valence electrons. The fraction of sp³-hybridized carbons (Fsp3) is 0.455. The monoisotopic (exact) mass is 262 g/mol. The molecule has 0 bridgehead atoms. The highest BCUT2D eigenvalue weighted by molar-refractivity contribution is 5.85. The number of alkyl halides is 3. The number of carbonyl (C=O) groups is 1.